The number of nitrogens with zero attached hydrogens (tertiary/aromatic N) is 1. The quantitative estimate of drug-likeness (QED) is 0.635. The number of carbonyl (C=O) groups is 1. The van der Waals surface area contributed by atoms with Gasteiger partial charge in [0.25, 0.3) is 5.56 Å². The van der Waals surface area contributed by atoms with E-state index in [-0.39, 0.29) is 11.1 Å². The van der Waals surface area contributed by atoms with Gasteiger partial charge in [-0.2, -0.15) is 13.2 Å². The number of aromatic nitrogens is 1. The summed E-state index contributed by atoms with van der Waals surface area (Å²) in [6.45, 7) is 0.440. The zero-order valence-electron chi connectivity index (χ0n) is 16.1. The van der Waals surface area contributed by atoms with Crippen LogP contribution in [0.15, 0.2) is 77.7 Å². The van der Waals surface area contributed by atoms with E-state index in [1.165, 1.54) is 18.2 Å². The number of alkyl halides is 3. The first-order chi connectivity index (χ1) is 14.2. The molecule has 156 valence electrons. The fourth-order valence-corrected chi connectivity index (χ4v) is 3.33. The monoisotopic (exact) mass is 414 g/mol. The van der Waals surface area contributed by atoms with Gasteiger partial charge in [0.2, 0.25) is 5.91 Å². The van der Waals surface area contributed by atoms with Crippen molar-refractivity contribution in [3.8, 4) is 0 Å². The molecule has 1 atom stereocenters. The van der Waals surface area contributed by atoms with Crippen molar-refractivity contribution in [3.05, 3.63) is 106 Å². The lowest BCUT2D eigenvalue weighted by Gasteiger charge is -2.20. The van der Waals surface area contributed by atoms with E-state index < -0.39 is 24.4 Å². The van der Waals surface area contributed by atoms with Gasteiger partial charge in [-0.1, -0.05) is 54.6 Å². The van der Waals surface area contributed by atoms with Gasteiger partial charge in [0.15, 0.2) is 0 Å². The maximum Gasteiger partial charge on any atom is 0.396 e. The SMILES string of the molecule is NC(=O)CC(c1cccc(Cc2ccc(Cn3ccccc3=O)cc2)c1)C(F)(F)F. The average molecular weight is 414 g/mol. The number of primary amides is 1. The molecule has 0 saturated heterocycles. The summed E-state index contributed by atoms with van der Waals surface area (Å²) in [5, 5.41) is 0. The number of carbonyl (C=O) groups excluding carboxylic acids is 1. The van der Waals surface area contributed by atoms with Crippen molar-refractivity contribution >= 4 is 5.91 Å². The minimum Gasteiger partial charge on any atom is -0.370 e. The summed E-state index contributed by atoms with van der Waals surface area (Å²) in [5.41, 5.74) is 7.52. The highest BCUT2D eigenvalue weighted by atomic mass is 19.4. The van der Waals surface area contributed by atoms with Crippen LogP contribution in [-0.4, -0.2) is 16.7 Å². The molecule has 0 aliphatic rings. The van der Waals surface area contributed by atoms with E-state index in [1.807, 2.05) is 24.3 Å². The third-order valence-corrected chi connectivity index (χ3v) is 4.84. The van der Waals surface area contributed by atoms with E-state index in [9.17, 15) is 22.8 Å². The molecule has 0 saturated carbocycles. The summed E-state index contributed by atoms with van der Waals surface area (Å²) in [5.74, 6) is -2.91. The number of pyridine rings is 1. The van der Waals surface area contributed by atoms with Crippen molar-refractivity contribution in [2.75, 3.05) is 0 Å². The van der Waals surface area contributed by atoms with Gasteiger partial charge < -0.3 is 10.3 Å². The number of benzene rings is 2. The molecule has 0 aliphatic carbocycles. The second kappa shape index (κ2) is 8.98. The van der Waals surface area contributed by atoms with E-state index in [4.69, 9.17) is 5.73 Å². The Labute approximate surface area is 171 Å². The van der Waals surface area contributed by atoms with E-state index >= 15 is 0 Å². The summed E-state index contributed by atoms with van der Waals surface area (Å²) < 4.78 is 41.6. The molecule has 7 heteroatoms. The molecule has 1 amide bonds. The molecule has 0 aliphatic heterocycles. The highest BCUT2D eigenvalue weighted by Gasteiger charge is 2.41. The molecule has 3 rings (SSSR count). The van der Waals surface area contributed by atoms with Crippen LogP contribution in [-0.2, 0) is 17.8 Å². The molecule has 0 spiro atoms. The third-order valence-electron chi connectivity index (χ3n) is 4.84. The Balaban J connectivity index is 1.75. The number of amides is 1. The van der Waals surface area contributed by atoms with Crippen molar-refractivity contribution in [2.45, 2.75) is 31.5 Å². The van der Waals surface area contributed by atoms with Crippen LogP contribution in [0.4, 0.5) is 13.2 Å². The van der Waals surface area contributed by atoms with Gasteiger partial charge in [0.1, 0.15) is 0 Å². The predicted octanol–water partition coefficient (Wildman–Crippen LogP) is 4.01. The Morgan fingerprint density at radius 1 is 0.933 bits per heavy atom. The van der Waals surface area contributed by atoms with Gasteiger partial charge in [-0.3, -0.25) is 9.59 Å². The lowest BCUT2D eigenvalue weighted by molar-refractivity contribution is -0.156. The van der Waals surface area contributed by atoms with Crippen LogP contribution in [0.25, 0.3) is 0 Å². The minimum atomic E-state index is -4.55. The highest BCUT2D eigenvalue weighted by Crippen LogP contribution is 2.37. The standard InChI is InChI=1S/C23H21F3N2O2/c24-23(25,26)20(14-21(27)29)19-5-3-4-18(13-19)12-16-7-9-17(10-8-16)15-28-11-2-1-6-22(28)30/h1-11,13,20H,12,14-15H2,(H2,27,29). The van der Waals surface area contributed by atoms with Gasteiger partial charge in [-0.05, 0) is 34.7 Å². The highest BCUT2D eigenvalue weighted by molar-refractivity contribution is 5.75. The molecule has 30 heavy (non-hydrogen) atoms. The fourth-order valence-electron chi connectivity index (χ4n) is 3.33. The summed E-state index contributed by atoms with van der Waals surface area (Å²) in [7, 11) is 0. The maximum absolute atomic E-state index is 13.3. The number of halogens is 3. The second-order valence-corrected chi connectivity index (χ2v) is 7.17. The summed E-state index contributed by atoms with van der Waals surface area (Å²) in [6.07, 6.45) is -3.17. The molecule has 3 aromatic rings. The predicted molar refractivity (Wildman–Crippen MR) is 108 cm³/mol. The molecule has 2 N–H and O–H groups in total. The second-order valence-electron chi connectivity index (χ2n) is 7.17. The maximum atomic E-state index is 13.3. The lowest BCUT2D eigenvalue weighted by atomic mass is 9.92. The van der Waals surface area contributed by atoms with Gasteiger partial charge in [0.05, 0.1) is 12.5 Å². The van der Waals surface area contributed by atoms with Crippen LogP contribution in [0.1, 0.15) is 34.6 Å². The zero-order chi connectivity index (χ0) is 21.7. The van der Waals surface area contributed by atoms with E-state index in [2.05, 4.69) is 0 Å². The third kappa shape index (κ3) is 5.59. The topological polar surface area (TPSA) is 65.1 Å². The Bertz CT molecular complexity index is 1070. The van der Waals surface area contributed by atoms with Crippen LogP contribution in [0.2, 0.25) is 0 Å². The molecular weight excluding hydrogens is 393 g/mol. The van der Waals surface area contributed by atoms with Crippen LogP contribution in [0.5, 0.6) is 0 Å². The fraction of sp³-hybridized carbons (Fsp3) is 0.217. The Kier molecular flexibility index (Phi) is 6.40. The average Bonchev–Trinajstić information content (AvgIpc) is 2.69. The van der Waals surface area contributed by atoms with Crippen molar-refractivity contribution in [1.29, 1.82) is 0 Å². The normalized spacial score (nSPS) is 12.5. The van der Waals surface area contributed by atoms with Crippen LogP contribution in [0.3, 0.4) is 0 Å². The zero-order valence-corrected chi connectivity index (χ0v) is 16.1. The van der Waals surface area contributed by atoms with E-state index in [0.29, 0.717) is 18.5 Å². The smallest absolute Gasteiger partial charge is 0.370 e. The first-order valence-corrected chi connectivity index (χ1v) is 9.39. The first kappa shape index (κ1) is 21.4. The van der Waals surface area contributed by atoms with Crippen molar-refractivity contribution in [2.24, 2.45) is 5.73 Å². The van der Waals surface area contributed by atoms with Gasteiger partial charge >= 0.3 is 6.18 Å². The Morgan fingerprint density at radius 2 is 1.63 bits per heavy atom. The molecule has 1 unspecified atom stereocenters. The van der Waals surface area contributed by atoms with Gasteiger partial charge in [-0.15, -0.1) is 0 Å². The van der Waals surface area contributed by atoms with Crippen LogP contribution >= 0.6 is 0 Å². The van der Waals surface area contributed by atoms with Crippen molar-refractivity contribution in [1.82, 2.24) is 4.57 Å². The van der Waals surface area contributed by atoms with Crippen molar-refractivity contribution in [3.63, 3.8) is 0 Å². The van der Waals surface area contributed by atoms with E-state index in [0.717, 1.165) is 11.1 Å². The number of nitrogens with two attached hydrogens (primary N) is 1. The molecular formula is C23H21F3N2O2. The molecule has 2 aromatic carbocycles. The largest absolute Gasteiger partial charge is 0.396 e. The Morgan fingerprint density at radius 3 is 2.27 bits per heavy atom. The van der Waals surface area contributed by atoms with Gasteiger partial charge in [0, 0.05) is 18.7 Å². The lowest BCUT2D eigenvalue weighted by Crippen LogP contribution is -2.26. The molecule has 0 bridgehead atoms. The molecule has 0 radical (unpaired) electrons. The number of rotatable bonds is 7. The number of hydrogen-bond donors (Lipinski definition) is 1. The van der Waals surface area contributed by atoms with Crippen LogP contribution < -0.4 is 11.3 Å². The molecule has 1 heterocycles. The molecule has 4 nitrogen and oxygen atoms in total. The minimum absolute atomic E-state index is 0.0267. The molecule has 1 aromatic heterocycles. The van der Waals surface area contributed by atoms with Gasteiger partial charge in [-0.25, -0.2) is 0 Å². The van der Waals surface area contributed by atoms with Crippen molar-refractivity contribution < 1.29 is 18.0 Å². The molecule has 0 fully saturated rings. The summed E-state index contributed by atoms with van der Waals surface area (Å²) >= 11 is 0. The number of hydrogen-bond acceptors (Lipinski definition) is 2. The Hall–Kier alpha value is -3.35. The summed E-state index contributed by atoms with van der Waals surface area (Å²) in [4.78, 5) is 22.9. The van der Waals surface area contributed by atoms with E-state index in [1.54, 1.807) is 35.0 Å². The van der Waals surface area contributed by atoms with Crippen LogP contribution in [0, 0.1) is 0 Å². The first-order valence-electron chi connectivity index (χ1n) is 9.39. The summed E-state index contributed by atoms with van der Waals surface area (Å²) in [6, 6.07) is 18.7.